The summed E-state index contributed by atoms with van der Waals surface area (Å²) < 4.78 is 5.37. The Morgan fingerprint density at radius 2 is 1.81 bits per heavy atom. The lowest BCUT2D eigenvalue weighted by molar-refractivity contribution is 0.404. The van der Waals surface area contributed by atoms with Crippen LogP contribution in [0.2, 0.25) is 0 Å². The van der Waals surface area contributed by atoms with Crippen LogP contribution in [0.1, 0.15) is 5.56 Å². The van der Waals surface area contributed by atoms with Gasteiger partial charge >= 0.3 is 0 Å². The Morgan fingerprint density at radius 1 is 1.05 bits per heavy atom. The van der Waals surface area contributed by atoms with E-state index >= 15 is 0 Å². The smallest absolute Gasteiger partial charge is 0.119 e. The topological polar surface area (TPSA) is 28.3 Å². The maximum atomic E-state index is 5.37. The first kappa shape index (κ1) is 13.7. The molecule has 0 aliphatic heterocycles. The Balaban J connectivity index is 2.23. The lowest BCUT2D eigenvalue weighted by atomic mass is 10.0. The fourth-order valence-electron chi connectivity index (χ4n) is 2.69. The zero-order valence-corrected chi connectivity index (χ0v) is 12.7. The van der Waals surface area contributed by atoms with Crippen molar-refractivity contribution in [2.24, 2.45) is 0 Å². The van der Waals surface area contributed by atoms with Gasteiger partial charge in [-0.2, -0.15) is 0 Å². The zero-order valence-electron chi connectivity index (χ0n) is 12.7. The number of aromatic nitrogens is 1. The summed E-state index contributed by atoms with van der Waals surface area (Å²) in [5.74, 6) is 0.890. The molecule has 0 unspecified atom stereocenters. The molecule has 3 nitrogen and oxygen atoms in total. The van der Waals surface area contributed by atoms with Gasteiger partial charge in [-0.3, -0.25) is 0 Å². The van der Waals surface area contributed by atoms with Crippen molar-refractivity contribution in [3.8, 4) is 17.0 Å². The largest absolute Gasteiger partial charge is 0.497 e. The molecule has 0 saturated heterocycles. The van der Waals surface area contributed by atoms with Gasteiger partial charge in [0, 0.05) is 17.4 Å². The maximum Gasteiger partial charge on any atom is 0.119 e. The molecular weight excluding hydrogens is 260 g/mol. The third-order valence-corrected chi connectivity index (χ3v) is 3.65. The van der Waals surface area contributed by atoms with Gasteiger partial charge in [-0.25, -0.2) is 0 Å². The van der Waals surface area contributed by atoms with Crippen LogP contribution in [0.3, 0.4) is 0 Å². The van der Waals surface area contributed by atoms with Gasteiger partial charge in [0.2, 0.25) is 0 Å². The molecule has 0 fully saturated rings. The predicted molar refractivity (Wildman–Crippen MR) is 87.7 cm³/mol. The first-order chi connectivity index (χ1) is 10.2. The van der Waals surface area contributed by atoms with Gasteiger partial charge in [0.15, 0.2) is 0 Å². The highest BCUT2D eigenvalue weighted by atomic mass is 16.5. The van der Waals surface area contributed by atoms with Crippen molar-refractivity contribution >= 4 is 10.9 Å². The molecule has 0 atom stereocenters. The molecule has 1 N–H and O–H groups in total. The molecule has 3 aromatic rings. The molecule has 108 valence electrons. The van der Waals surface area contributed by atoms with Gasteiger partial charge in [0.1, 0.15) is 5.75 Å². The average Bonchev–Trinajstić information content (AvgIpc) is 2.85. The van der Waals surface area contributed by atoms with E-state index in [0.717, 1.165) is 17.8 Å². The van der Waals surface area contributed by atoms with E-state index in [1.54, 1.807) is 7.11 Å². The highest BCUT2D eigenvalue weighted by Crippen LogP contribution is 2.33. The number of hydrogen-bond acceptors (Lipinski definition) is 2. The highest BCUT2D eigenvalue weighted by molar-refractivity contribution is 5.91. The number of hydrogen-bond donors (Lipinski definition) is 1. The molecule has 1 aromatic heterocycles. The van der Waals surface area contributed by atoms with E-state index in [4.69, 9.17) is 4.74 Å². The van der Waals surface area contributed by atoms with Crippen LogP contribution in [0.5, 0.6) is 5.75 Å². The van der Waals surface area contributed by atoms with E-state index in [1.165, 1.54) is 22.2 Å². The van der Waals surface area contributed by atoms with Crippen LogP contribution in [0, 0.1) is 0 Å². The third kappa shape index (κ3) is 2.65. The molecule has 0 amide bonds. The van der Waals surface area contributed by atoms with Crippen molar-refractivity contribution < 1.29 is 4.74 Å². The molecule has 3 rings (SSSR count). The van der Waals surface area contributed by atoms with E-state index < -0.39 is 0 Å². The molecule has 0 spiro atoms. The van der Waals surface area contributed by atoms with Gasteiger partial charge in [-0.05, 0) is 43.4 Å². The number of rotatable bonds is 4. The minimum atomic E-state index is 0.886. The lowest BCUT2D eigenvalue weighted by Gasteiger charge is -2.11. The van der Waals surface area contributed by atoms with E-state index in [9.17, 15) is 0 Å². The number of fused-ring (bicyclic) bond motifs is 1. The van der Waals surface area contributed by atoms with Gasteiger partial charge < -0.3 is 14.6 Å². The van der Waals surface area contributed by atoms with Crippen molar-refractivity contribution in [3.63, 3.8) is 0 Å². The van der Waals surface area contributed by atoms with Crippen molar-refractivity contribution in [1.29, 1.82) is 0 Å². The molecule has 0 aliphatic carbocycles. The van der Waals surface area contributed by atoms with Crippen molar-refractivity contribution in [2.45, 2.75) is 6.54 Å². The third-order valence-electron chi connectivity index (χ3n) is 3.65. The summed E-state index contributed by atoms with van der Waals surface area (Å²) in [6.07, 6.45) is 0. The predicted octanol–water partition coefficient (Wildman–Crippen LogP) is 3.91. The second kappa shape index (κ2) is 5.62. The number of methoxy groups -OCH3 is 1. The second-order valence-electron chi connectivity index (χ2n) is 5.49. The Kier molecular flexibility index (Phi) is 3.67. The summed E-state index contributed by atoms with van der Waals surface area (Å²) in [5.41, 5.74) is 4.85. The van der Waals surface area contributed by atoms with Crippen molar-refractivity contribution in [1.82, 2.24) is 9.88 Å². The molecule has 3 heteroatoms. The first-order valence-corrected chi connectivity index (χ1v) is 7.08. The Bertz CT molecular complexity index is 745. The van der Waals surface area contributed by atoms with Crippen LogP contribution in [0.4, 0.5) is 0 Å². The monoisotopic (exact) mass is 280 g/mol. The average molecular weight is 280 g/mol. The van der Waals surface area contributed by atoms with Gasteiger partial charge in [0.05, 0.1) is 12.8 Å². The number of nitrogens with one attached hydrogen (secondary N) is 1. The van der Waals surface area contributed by atoms with E-state index in [2.05, 4.69) is 60.4 Å². The summed E-state index contributed by atoms with van der Waals surface area (Å²) in [6, 6.07) is 16.6. The summed E-state index contributed by atoms with van der Waals surface area (Å²) >= 11 is 0. The number of aromatic amines is 1. The van der Waals surface area contributed by atoms with E-state index in [0.29, 0.717) is 0 Å². The van der Waals surface area contributed by atoms with Crippen molar-refractivity contribution in [2.75, 3.05) is 21.2 Å². The number of nitrogens with zero attached hydrogens (tertiary/aromatic N) is 1. The van der Waals surface area contributed by atoms with Crippen LogP contribution in [-0.4, -0.2) is 31.1 Å². The summed E-state index contributed by atoms with van der Waals surface area (Å²) in [4.78, 5) is 5.74. The molecule has 0 radical (unpaired) electrons. The SMILES string of the molecule is COc1ccc2[nH]c(-c3ccccc3)c(CN(C)C)c2c1. The Labute approximate surface area is 125 Å². The fraction of sp³-hybridized carbons (Fsp3) is 0.222. The molecular formula is C18H20N2O. The Morgan fingerprint density at radius 3 is 2.48 bits per heavy atom. The summed E-state index contributed by atoms with van der Waals surface area (Å²) in [5, 5.41) is 1.22. The minimum absolute atomic E-state index is 0.886. The zero-order chi connectivity index (χ0) is 14.8. The molecule has 0 aliphatic rings. The summed E-state index contributed by atoms with van der Waals surface area (Å²) in [7, 11) is 5.89. The van der Waals surface area contributed by atoms with Gasteiger partial charge in [0.25, 0.3) is 0 Å². The van der Waals surface area contributed by atoms with E-state index in [-0.39, 0.29) is 0 Å². The first-order valence-electron chi connectivity index (χ1n) is 7.08. The molecule has 0 bridgehead atoms. The van der Waals surface area contributed by atoms with E-state index in [1.807, 2.05) is 12.1 Å². The van der Waals surface area contributed by atoms with Crippen LogP contribution in [-0.2, 0) is 6.54 Å². The van der Waals surface area contributed by atoms with Crippen LogP contribution in [0.15, 0.2) is 48.5 Å². The quantitative estimate of drug-likeness (QED) is 0.785. The van der Waals surface area contributed by atoms with Crippen molar-refractivity contribution in [3.05, 3.63) is 54.1 Å². The number of H-pyrrole nitrogens is 1. The second-order valence-corrected chi connectivity index (χ2v) is 5.49. The van der Waals surface area contributed by atoms with Crippen LogP contribution >= 0.6 is 0 Å². The maximum absolute atomic E-state index is 5.37. The Hall–Kier alpha value is -2.26. The normalized spacial score (nSPS) is 11.2. The minimum Gasteiger partial charge on any atom is -0.497 e. The molecule has 1 heterocycles. The van der Waals surface area contributed by atoms with Gasteiger partial charge in [-0.15, -0.1) is 0 Å². The standard InChI is InChI=1S/C18H20N2O/c1-20(2)12-16-15-11-14(21-3)9-10-17(15)19-18(16)13-7-5-4-6-8-13/h4-11,19H,12H2,1-3H3. The van der Waals surface area contributed by atoms with Crippen LogP contribution in [0.25, 0.3) is 22.2 Å². The number of benzene rings is 2. The molecule has 2 aromatic carbocycles. The molecule has 21 heavy (non-hydrogen) atoms. The summed E-state index contributed by atoms with van der Waals surface area (Å²) in [6.45, 7) is 0.886. The molecule has 0 saturated carbocycles. The fourth-order valence-corrected chi connectivity index (χ4v) is 2.69. The lowest BCUT2D eigenvalue weighted by Crippen LogP contribution is -2.11. The highest BCUT2D eigenvalue weighted by Gasteiger charge is 2.14. The van der Waals surface area contributed by atoms with Gasteiger partial charge in [-0.1, -0.05) is 30.3 Å². The number of ether oxygens (including phenoxy) is 1. The van der Waals surface area contributed by atoms with Crippen LogP contribution < -0.4 is 4.74 Å².